The number of hydroxylamine groups is 1. The van der Waals surface area contributed by atoms with E-state index in [1.807, 2.05) is 6.07 Å². The van der Waals surface area contributed by atoms with Crippen molar-refractivity contribution < 1.29 is 9.25 Å². The number of rotatable bonds is 4. The minimum Gasteiger partial charge on any atom is -0.472 e. The molecule has 0 spiro atoms. The first-order chi connectivity index (χ1) is 5.43. The zero-order valence-corrected chi connectivity index (χ0v) is 6.04. The Balaban J connectivity index is 2.10. The van der Waals surface area contributed by atoms with Crippen LogP contribution in [0.5, 0.6) is 0 Å². The van der Waals surface area contributed by atoms with Gasteiger partial charge in [-0.15, -0.1) is 6.42 Å². The zero-order chi connectivity index (χ0) is 7.94. The molecule has 0 atom stereocenters. The van der Waals surface area contributed by atoms with Gasteiger partial charge >= 0.3 is 0 Å². The maximum Gasteiger partial charge on any atom is 0.128 e. The standard InChI is InChI=1S/C8H9NO2/c1-2-4-11-9-6-8-3-5-10-7-8/h1,3,5,7,9H,4,6H2. The van der Waals surface area contributed by atoms with Crippen LogP contribution in [-0.4, -0.2) is 6.61 Å². The summed E-state index contributed by atoms with van der Waals surface area (Å²) in [6.45, 7) is 0.885. The maximum absolute atomic E-state index is 4.95. The molecule has 0 amide bonds. The third kappa shape index (κ3) is 2.89. The van der Waals surface area contributed by atoms with E-state index in [1.54, 1.807) is 12.5 Å². The first-order valence-corrected chi connectivity index (χ1v) is 3.22. The Labute approximate surface area is 65.3 Å². The van der Waals surface area contributed by atoms with E-state index in [2.05, 4.69) is 11.4 Å². The van der Waals surface area contributed by atoms with Gasteiger partial charge < -0.3 is 4.42 Å². The van der Waals surface area contributed by atoms with E-state index in [1.165, 1.54) is 0 Å². The van der Waals surface area contributed by atoms with E-state index in [-0.39, 0.29) is 6.61 Å². The normalized spacial score (nSPS) is 9.36. The van der Waals surface area contributed by atoms with Gasteiger partial charge in [0.25, 0.3) is 0 Å². The van der Waals surface area contributed by atoms with Crippen LogP contribution in [-0.2, 0) is 11.4 Å². The number of hydrogen-bond acceptors (Lipinski definition) is 3. The average Bonchev–Trinajstić information content (AvgIpc) is 2.50. The predicted molar refractivity (Wildman–Crippen MR) is 40.3 cm³/mol. The third-order valence-electron chi connectivity index (χ3n) is 1.11. The van der Waals surface area contributed by atoms with Crippen LogP contribution in [0.2, 0.25) is 0 Å². The molecule has 0 aliphatic carbocycles. The van der Waals surface area contributed by atoms with Crippen molar-refractivity contribution in [1.29, 1.82) is 0 Å². The Kier molecular flexibility index (Phi) is 3.26. The average molecular weight is 151 g/mol. The number of hydrogen-bond donors (Lipinski definition) is 1. The lowest BCUT2D eigenvalue weighted by molar-refractivity contribution is 0.0614. The van der Waals surface area contributed by atoms with Gasteiger partial charge in [0.2, 0.25) is 0 Å². The van der Waals surface area contributed by atoms with Crippen molar-refractivity contribution in [3.63, 3.8) is 0 Å². The molecule has 1 aromatic rings. The summed E-state index contributed by atoms with van der Waals surface area (Å²) in [6.07, 6.45) is 8.21. The lowest BCUT2D eigenvalue weighted by Gasteiger charge is -1.98. The van der Waals surface area contributed by atoms with Crippen molar-refractivity contribution in [1.82, 2.24) is 5.48 Å². The summed E-state index contributed by atoms with van der Waals surface area (Å²) in [4.78, 5) is 4.83. The molecule has 1 rings (SSSR count). The quantitative estimate of drug-likeness (QED) is 0.395. The molecule has 0 bridgehead atoms. The highest BCUT2D eigenvalue weighted by atomic mass is 16.6. The molecular formula is C8H9NO2. The van der Waals surface area contributed by atoms with Gasteiger partial charge in [-0.3, -0.25) is 4.84 Å². The molecule has 0 fully saturated rings. The second kappa shape index (κ2) is 4.56. The van der Waals surface area contributed by atoms with Gasteiger partial charge in [-0.05, 0) is 6.07 Å². The summed E-state index contributed by atoms with van der Waals surface area (Å²) >= 11 is 0. The van der Waals surface area contributed by atoms with E-state index in [4.69, 9.17) is 15.7 Å². The summed E-state index contributed by atoms with van der Waals surface area (Å²) in [5.41, 5.74) is 3.72. The van der Waals surface area contributed by atoms with E-state index >= 15 is 0 Å². The molecule has 1 N–H and O–H groups in total. The summed E-state index contributed by atoms with van der Waals surface area (Å²) in [7, 11) is 0. The highest BCUT2D eigenvalue weighted by molar-refractivity contribution is 5.03. The fourth-order valence-electron chi connectivity index (χ4n) is 0.620. The minimum atomic E-state index is 0.276. The van der Waals surface area contributed by atoms with Crippen molar-refractivity contribution in [3.8, 4) is 12.3 Å². The van der Waals surface area contributed by atoms with Gasteiger partial charge in [0, 0.05) is 12.1 Å². The topological polar surface area (TPSA) is 34.4 Å². The fourth-order valence-corrected chi connectivity index (χ4v) is 0.620. The van der Waals surface area contributed by atoms with Crippen molar-refractivity contribution in [2.24, 2.45) is 0 Å². The fraction of sp³-hybridized carbons (Fsp3) is 0.250. The zero-order valence-electron chi connectivity index (χ0n) is 6.04. The molecular weight excluding hydrogens is 142 g/mol. The van der Waals surface area contributed by atoms with Crippen LogP contribution in [0.25, 0.3) is 0 Å². The highest BCUT2D eigenvalue weighted by Gasteiger charge is 1.91. The van der Waals surface area contributed by atoms with Crippen molar-refractivity contribution in [3.05, 3.63) is 24.2 Å². The van der Waals surface area contributed by atoms with E-state index in [0.29, 0.717) is 6.54 Å². The smallest absolute Gasteiger partial charge is 0.128 e. The van der Waals surface area contributed by atoms with Crippen LogP contribution in [0.15, 0.2) is 23.0 Å². The van der Waals surface area contributed by atoms with Crippen LogP contribution in [0.3, 0.4) is 0 Å². The van der Waals surface area contributed by atoms with Crippen molar-refractivity contribution >= 4 is 0 Å². The van der Waals surface area contributed by atoms with Crippen LogP contribution >= 0.6 is 0 Å². The lowest BCUT2D eigenvalue weighted by atomic mass is 10.3. The van der Waals surface area contributed by atoms with Gasteiger partial charge in [-0.25, -0.2) is 0 Å². The first-order valence-electron chi connectivity index (χ1n) is 3.22. The maximum atomic E-state index is 4.95. The predicted octanol–water partition coefficient (Wildman–Crippen LogP) is 0.934. The molecule has 11 heavy (non-hydrogen) atoms. The SMILES string of the molecule is C#CCONCc1ccoc1. The Morgan fingerprint density at radius 1 is 1.73 bits per heavy atom. The van der Waals surface area contributed by atoms with Crippen LogP contribution < -0.4 is 5.48 Å². The largest absolute Gasteiger partial charge is 0.472 e. The number of nitrogens with one attached hydrogen (secondary N) is 1. The van der Waals surface area contributed by atoms with Crippen LogP contribution in [0.4, 0.5) is 0 Å². The molecule has 0 aliphatic rings. The van der Waals surface area contributed by atoms with Gasteiger partial charge in [-0.1, -0.05) is 5.92 Å². The molecule has 3 heteroatoms. The van der Waals surface area contributed by atoms with Crippen molar-refractivity contribution in [2.45, 2.75) is 6.54 Å². The molecule has 0 radical (unpaired) electrons. The highest BCUT2D eigenvalue weighted by Crippen LogP contribution is 1.97. The van der Waals surface area contributed by atoms with Gasteiger partial charge in [0.1, 0.15) is 6.61 Å². The molecule has 58 valence electrons. The Morgan fingerprint density at radius 3 is 3.27 bits per heavy atom. The third-order valence-corrected chi connectivity index (χ3v) is 1.11. The molecule has 1 heterocycles. The Bertz CT molecular complexity index is 223. The molecule has 1 aromatic heterocycles. The Morgan fingerprint density at radius 2 is 2.64 bits per heavy atom. The monoisotopic (exact) mass is 151 g/mol. The summed E-state index contributed by atoms with van der Waals surface area (Å²) in [6, 6.07) is 1.85. The van der Waals surface area contributed by atoms with Gasteiger partial charge in [0.15, 0.2) is 0 Å². The molecule has 0 aliphatic heterocycles. The minimum absolute atomic E-state index is 0.276. The Hall–Kier alpha value is -1.24. The molecule has 3 nitrogen and oxygen atoms in total. The molecule has 0 unspecified atom stereocenters. The lowest BCUT2D eigenvalue weighted by Crippen LogP contribution is -2.13. The van der Waals surface area contributed by atoms with E-state index in [0.717, 1.165) is 5.56 Å². The van der Waals surface area contributed by atoms with Crippen LogP contribution in [0, 0.1) is 12.3 Å². The summed E-state index contributed by atoms with van der Waals surface area (Å²) in [5, 5.41) is 0. The molecule has 0 saturated heterocycles. The molecule has 0 aromatic carbocycles. The molecule has 0 saturated carbocycles. The first kappa shape index (κ1) is 7.86. The summed E-state index contributed by atoms with van der Waals surface area (Å²) < 4.78 is 4.84. The van der Waals surface area contributed by atoms with Gasteiger partial charge in [-0.2, -0.15) is 5.48 Å². The van der Waals surface area contributed by atoms with Crippen molar-refractivity contribution in [2.75, 3.05) is 6.61 Å². The second-order valence-electron chi connectivity index (χ2n) is 1.95. The van der Waals surface area contributed by atoms with E-state index < -0.39 is 0 Å². The van der Waals surface area contributed by atoms with E-state index in [9.17, 15) is 0 Å². The number of terminal acetylenes is 1. The summed E-state index contributed by atoms with van der Waals surface area (Å²) in [5.74, 6) is 2.34. The number of furan rings is 1. The van der Waals surface area contributed by atoms with Crippen LogP contribution in [0.1, 0.15) is 5.56 Å². The van der Waals surface area contributed by atoms with Gasteiger partial charge in [0.05, 0.1) is 12.5 Å². The second-order valence-corrected chi connectivity index (χ2v) is 1.95.